The summed E-state index contributed by atoms with van der Waals surface area (Å²) in [5.41, 5.74) is 0. The van der Waals surface area contributed by atoms with Gasteiger partial charge in [-0.25, -0.2) is 8.42 Å². The van der Waals surface area contributed by atoms with Gasteiger partial charge >= 0.3 is 24.8 Å². The number of carbonyl (C=O) groups is 1. The fourth-order valence-electron chi connectivity index (χ4n) is 0.996. The van der Waals surface area contributed by atoms with Crippen LogP contribution in [-0.2, 0) is 14.6 Å². The quantitative estimate of drug-likeness (QED) is 0.334. The number of esters is 1. The van der Waals surface area contributed by atoms with Crippen LogP contribution in [0.4, 0.5) is 0 Å². The summed E-state index contributed by atoms with van der Waals surface area (Å²) in [7, 11) is -3.36. The number of hydrogen-bond donors (Lipinski definition) is 0. The minimum atomic E-state index is -3.36. The van der Waals surface area contributed by atoms with Gasteiger partial charge in [0.2, 0.25) is 0 Å². The molecular weight excluding hydrogens is 211 g/mol. The normalized spacial score (nSPS) is 10.3. The molecule has 0 bridgehead atoms. The summed E-state index contributed by atoms with van der Waals surface area (Å²) < 4.78 is 27.2. The van der Waals surface area contributed by atoms with Crippen molar-refractivity contribution in [2.45, 2.75) is 11.8 Å². The van der Waals surface area contributed by atoms with Crippen LogP contribution in [0.2, 0.25) is 0 Å². The third-order valence-electron chi connectivity index (χ3n) is 1.50. The SMILES string of the molecule is CC(=O)Oc1ccccc1S(C)(=O)=O.[H-].[Li+]. The minimum absolute atomic E-state index is 0. The van der Waals surface area contributed by atoms with Crippen molar-refractivity contribution in [1.82, 2.24) is 0 Å². The molecule has 78 valence electrons. The smallest absolute Gasteiger partial charge is 1.00 e. The van der Waals surface area contributed by atoms with E-state index in [2.05, 4.69) is 0 Å². The Hall–Kier alpha value is -0.763. The van der Waals surface area contributed by atoms with E-state index in [0.717, 1.165) is 6.26 Å². The summed E-state index contributed by atoms with van der Waals surface area (Å²) in [6.45, 7) is 1.22. The number of hydrogen-bond acceptors (Lipinski definition) is 4. The largest absolute Gasteiger partial charge is 1.00 e. The molecule has 0 unspecified atom stereocenters. The molecule has 0 spiro atoms. The fraction of sp³-hybridized carbons (Fsp3) is 0.222. The average Bonchev–Trinajstić information content (AvgIpc) is 2.01. The number of ether oxygens (including phenoxy) is 1. The Morgan fingerprint density at radius 1 is 1.33 bits per heavy atom. The molecule has 4 nitrogen and oxygen atoms in total. The molecule has 0 radical (unpaired) electrons. The molecule has 0 aliphatic rings. The first-order chi connectivity index (χ1) is 6.41. The standard InChI is InChI=1S/C9H10O4S.Li.H/c1-7(10)13-8-5-3-4-6-9(8)14(2,11)12;;/h3-6H,1-2H3;;/q;+1;-1. The first-order valence-electron chi connectivity index (χ1n) is 3.89. The molecule has 0 N–H and O–H groups in total. The Kier molecular flexibility index (Phi) is 5.08. The van der Waals surface area contributed by atoms with E-state index in [4.69, 9.17) is 4.74 Å². The second kappa shape index (κ2) is 5.36. The van der Waals surface area contributed by atoms with Gasteiger partial charge in [0, 0.05) is 13.2 Å². The molecule has 1 aromatic carbocycles. The monoisotopic (exact) mass is 222 g/mol. The van der Waals surface area contributed by atoms with Crippen LogP contribution in [0.3, 0.4) is 0 Å². The van der Waals surface area contributed by atoms with Gasteiger partial charge < -0.3 is 6.16 Å². The van der Waals surface area contributed by atoms with Crippen LogP contribution in [0.15, 0.2) is 29.2 Å². The molecule has 0 aliphatic heterocycles. The maximum absolute atomic E-state index is 11.2. The van der Waals surface area contributed by atoms with E-state index < -0.39 is 15.8 Å². The van der Waals surface area contributed by atoms with Crippen LogP contribution >= 0.6 is 0 Å². The van der Waals surface area contributed by atoms with E-state index in [1.807, 2.05) is 0 Å². The molecule has 1 aromatic rings. The summed E-state index contributed by atoms with van der Waals surface area (Å²) in [5.74, 6) is -0.469. The maximum atomic E-state index is 11.2. The van der Waals surface area contributed by atoms with Crippen molar-refractivity contribution in [3.8, 4) is 5.75 Å². The Morgan fingerprint density at radius 2 is 1.87 bits per heavy atom. The van der Waals surface area contributed by atoms with Crippen LogP contribution in [0, 0.1) is 0 Å². The van der Waals surface area contributed by atoms with Crippen LogP contribution in [0.25, 0.3) is 0 Å². The van der Waals surface area contributed by atoms with Gasteiger partial charge in [0.15, 0.2) is 9.84 Å². The van der Waals surface area contributed by atoms with Crippen molar-refractivity contribution in [2.24, 2.45) is 0 Å². The molecule has 0 saturated heterocycles. The topological polar surface area (TPSA) is 60.4 Å². The van der Waals surface area contributed by atoms with Gasteiger partial charge in [-0.3, -0.25) is 4.79 Å². The molecule has 6 heteroatoms. The zero-order chi connectivity index (χ0) is 10.8. The zero-order valence-corrected chi connectivity index (χ0v) is 9.67. The second-order valence-corrected chi connectivity index (χ2v) is 4.80. The van der Waals surface area contributed by atoms with Crippen molar-refractivity contribution in [3.05, 3.63) is 24.3 Å². The number of para-hydroxylation sites is 1. The molecule has 0 amide bonds. The third-order valence-corrected chi connectivity index (χ3v) is 2.64. The van der Waals surface area contributed by atoms with E-state index in [0.29, 0.717) is 0 Å². The Balaban J connectivity index is 0. The molecule has 0 atom stereocenters. The first kappa shape index (κ1) is 14.2. The van der Waals surface area contributed by atoms with Gasteiger partial charge in [0.1, 0.15) is 10.6 Å². The maximum Gasteiger partial charge on any atom is 1.00 e. The summed E-state index contributed by atoms with van der Waals surface area (Å²) in [6, 6.07) is 6.02. The van der Waals surface area contributed by atoms with Crippen molar-refractivity contribution in [1.29, 1.82) is 0 Å². The minimum Gasteiger partial charge on any atom is -1.00 e. The molecular formula is C9H11LiO4S. The van der Waals surface area contributed by atoms with Gasteiger partial charge in [-0.2, -0.15) is 0 Å². The van der Waals surface area contributed by atoms with Crippen molar-refractivity contribution in [2.75, 3.05) is 6.26 Å². The number of sulfone groups is 1. The molecule has 1 rings (SSSR count). The van der Waals surface area contributed by atoms with Crippen LogP contribution < -0.4 is 23.6 Å². The summed E-state index contributed by atoms with van der Waals surface area (Å²) in [6.07, 6.45) is 1.06. The number of rotatable bonds is 2. The number of carbonyl (C=O) groups excluding carboxylic acids is 1. The number of benzene rings is 1. The van der Waals surface area contributed by atoms with E-state index in [1.54, 1.807) is 12.1 Å². The molecule has 15 heavy (non-hydrogen) atoms. The van der Waals surface area contributed by atoms with E-state index in [1.165, 1.54) is 19.1 Å². The predicted molar refractivity (Wildman–Crippen MR) is 52.0 cm³/mol. The fourth-order valence-corrected chi connectivity index (χ4v) is 1.80. The van der Waals surface area contributed by atoms with Gasteiger partial charge in [-0.05, 0) is 12.1 Å². The van der Waals surface area contributed by atoms with Gasteiger partial charge in [-0.1, -0.05) is 12.1 Å². The Morgan fingerprint density at radius 3 is 2.33 bits per heavy atom. The van der Waals surface area contributed by atoms with Crippen molar-refractivity contribution in [3.63, 3.8) is 0 Å². The van der Waals surface area contributed by atoms with Gasteiger partial charge in [-0.15, -0.1) is 0 Å². The van der Waals surface area contributed by atoms with E-state index in [9.17, 15) is 13.2 Å². The molecule has 0 fully saturated rings. The van der Waals surface area contributed by atoms with Crippen LogP contribution in [-0.4, -0.2) is 20.6 Å². The van der Waals surface area contributed by atoms with Gasteiger partial charge in [0.25, 0.3) is 0 Å². The molecule has 0 saturated carbocycles. The molecule has 0 heterocycles. The second-order valence-electron chi connectivity index (χ2n) is 2.81. The van der Waals surface area contributed by atoms with Crippen LogP contribution in [0.5, 0.6) is 5.75 Å². The average molecular weight is 222 g/mol. The Labute approximate surface area is 102 Å². The Bertz CT molecular complexity index is 458. The summed E-state index contributed by atoms with van der Waals surface area (Å²) >= 11 is 0. The first-order valence-corrected chi connectivity index (χ1v) is 5.78. The van der Waals surface area contributed by atoms with Crippen molar-refractivity contribution >= 4 is 15.8 Å². The van der Waals surface area contributed by atoms with Crippen LogP contribution in [0.1, 0.15) is 8.35 Å². The van der Waals surface area contributed by atoms with Crippen molar-refractivity contribution < 1.29 is 38.2 Å². The zero-order valence-electron chi connectivity index (χ0n) is 9.85. The van der Waals surface area contributed by atoms with Gasteiger partial charge in [0.05, 0.1) is 0 Å². The summed E-state index contributed by atoms with van der Waals surface area (Å²) in [5, 5.41) is 0. The predicted octanol–water partition coefficient (Wildman–Crippen LogP) is -1.87. The third kappa shape index (κ3) is 4.08. The van der Waals surface area contributed by atoms with E-state index in [-0.39, 0.29) is 30.9 Å². The summed E-state index contributed by atoms with van der Waals surface area (Å²) in [4.78, 5) is 10.7. The molecule has 0 aromatic heterocycles. The van der Waals surface area contributed by atoms with E-state index >= 15 is 0 Å². The molecule has 0 aliphatic carbocycles.